The zero-order chi connectivity index (χ0) is 48.1. The quantitative estimate of drug-likeness (QED) is 0.0870. The van der Waals surface area contributed by atoms with Crippen LogP contribution >= 0.6 is 0 Å². The Balaban J connectivity index is 1.21. The molecular formula is C53H44O16. The highest BCUT2D eigenvalue weighted by molar-refractivity contribution is 5.92. The fourth-order valence-electron chi connectivity index (χ4n) is 7.48. The highest BCUT2D eigenvalue weighted by atomic mass is 16.8. The van der Waals surface area contributed by atoms with E-state index in [1.165, 1.54) is 72.8 Å². The Morgan fingerprint density at radius 3 is 1.12 bits per heavy atom. The molecule has 6 aromatic carbocycles. The maximum absolute atomic E-state index is 14.2. The highest BCUT2D eigenvalue weighted by Gasteiger charge is 2.56. The van der Waals surface area contributed by atoms with Gasteiger partial charge in [0, 0.05) is 0 Å². The molecule has 0 radical (unpaired) electrons. The lowest BCUT2D eigenvalue weighted by Crippen LogP contribution is -2.65. The van der Waals surface area contributed by atoms with E-state index in [-0.39, 0.29) is 33.4 Å². The van der Waals surface area contributed by atoms with Gasteiger partial charge in [-0.2, -0.15) is 0 Å². The molecular weight excluding hydrogens is 893 g/mol. The van der Waals surface area contributed by atoms with E-state index in [2.05, 4.69) is 0 Å². The third-order valence-electron chi connectivity index (χ3n) is 11.0. The predicted octanol–water partition coefficient (Wildman–Crippen LogP) is 6.43. The number of aliphatic hydroxyl groups excluding tert-OH is 1. The van der Waals surface area contributed by atoms with Crippen molar-refractivity contribution in [1.29, 1.82) is 0 Å². The van der Waals surface area contributed by atoms with Crippen molar-refractivity contribution in [2.24, 2.45) is 0 Å². The topological polar surface area (TPSA) is 206 Å². The lowest BCUT2D eigenvalue weighted by atomic mass is 9.97. The van der Waals surface area contributed by atoms with Crippen molar-refractivity contribution in [2.45, 2.75) is 55.3 Å². The van der Waals surface area contributed by atoms with E-state index in [1.54, 1.807) is 109 Å². The number of ether oxygens (including phenoxy) is 9. The fourth-order valence-corrected chi connectivity index (χ4v) is 7.48. The third kappa shape index (κ3) is 11.9. The van der Waals surface area contributed by atoms with Gasteiger partial charge in [-0.15, -0.1) is 0 Å². The van der Waals surface area contributed by atoms with Gasteiger partial charge < -0.3 is 47.7 Å². The Bertz CT molecular complexity index is 2670. The molecule has 8 rings (SSSR count). The monoisotopic (exact) mass is 936 g/mol. The van der Waals surface area contributed by atoms with Crippen molar-refractivity contribution < 1.29 is 76.5 Å². The molecule has 0 amide bonds. The number of rotatable bonds is 15. The summed E-state index contributed by atoms with van der Waals surface area (Å²) in [5.41, 5.74) is 0.534. The Hall–Kier alpha value is -8.02. The summed E-state index contributed by atoms with van der Waals surface area (Å²) in [5, 5.41) is 11.3. The molecule has 16 heteroatoms. The first kappa shape index (κ1) is 47.5. The number of carbonyl (C=O) groups is 6. The summed E-state index contributed by atoms with van der Waals surface area (Å²) in [6, 6.07) is 47.1. The summed E-state index contributed by atoms with van der Waals surface area (Å²) in [4.78, 5) is 83.1. The molecule has 352 valence electrons. The average molecular weight is 937 g/mol. The normalized spacial score (nSPS) is 23.0. The summed E-state index contributed by atoms with van der Waals surface area (Å²) in [5.74, 6) is -5.45. The van der Waals surface area contributed by atoms with Gasteiger partial charge in [0.2, 0.25) is 0 Å². The third-order valence-corrected chi connectivity index (χ3v) is 11.0. The zero-order valence-corrected chi connectivity index (χ0v) is 36.5. The van der Waals surface area contributed by atoms with Crippen LogP contribution in [0.3, 0.4) is 0 Å². The predicted molar refractivity (Wildman–Crippen MR) is 240 cm³/mol. The van der Waals surface area contributed by atoms with Crippen LogP contribution in [0.2, 0.25) is 0 Å². The van der Waals surface area contributed by atoms with E-state index in [1.807, 2.05) is 0 Å². The van der Waals surface area contributed by atoms with Gasteiger partial charge in [-0.05, 0) is 72.8 Å². The van der Waals surface area contributed by atoms with Crippen molar-refractivity contribution in [3.8, 4) is 0 Å². The van der Waals surface area contributed by atoms with E-state index < -0.39 is 104 Å². The molecule has 6 aromatic rings. The molecule has 9 atom stereocenters. The van der Waals surface area contributed by atoms with E-state index in [9.17, 15) is 33.9 Å². The van der Waals surface area contributed by atoms with E-state index in [0.717, 1.165) is 0 Å². The minimum absolute atomic E-state index is 0.0489. The van der Waals surface area contributed by atoms with Crippen LogP contribution in [0.5, 0.6) is 0 Å². The largest absolute Gasteiger partial charge is 0.459 e. The van der Waals surface area contributed by atoms with Crippen LogP contribution in [0.1, 0.15) is 62.1 Å². The van der Waals surface area contributed by atoms with Crippen LogP contribution in [0.4, 0.5) is 0 Å². The maximum atomic E-state index is 14.2. The van der Waals surface area contributed by atoms with Gasteiger partial charge in [-0.1, -0.05) is 109 Å². The number of benzene rings is 6. The standard InChI is InChI=1S/C53H44O16/c54-46(33-19-7-1-8-20-33)61-31-39-41(65-47(55)34-21-9-2-10-22-34)43(67-49(57)36-25-13-4-14-26-36)45(69-51(59)38-29-17-6-18-30-38)53(63-39)64-40-32-62-52(60)44(68-50(58)37-27-15-5-16-28-37)42(40)66-48(56)35-23-11-3-12-24-35/h1-30,39-45,52-53,60H,31-32H2/t39-,40-,41-,42+,43+,44-,45-,52+,53+/m1/s1. The van der Waals surface area contributed by atoms with Crippen LogP contribution in [0, 0.1) is 0 Å². The van der Waals surface area contributed by atoms with Crippen LogP contribution in [-0.4, -0.2) is 109 Å². The second-order valence-corrected chi connectivity index (χ2v) is 15.6. The van der Waals surface area contributed by atoms with Crippen molar-refractivity contribution >= 4 is 35.8 Å². The van der Waals surface area contributed by atoms with Crippen LogP contribution in [0.25, 0.3) is 0 Å². The second kappa shape index (κ2) is 22.6. The Morgan fingerprint density at radius 2 is 0.725 bits per heavy atom. The lowest BCUT2D eigenvalue weighted by molar-refractivity contribution is -0.337. The number of hydrogen-bond acceptors (Lipinski definition) is 16. The summed E-state index contributed by atoms with van der Waals surface area (Å²) >= 11 is 0. The van der Waals surface area contributed by atoms with Gasteiger partial charge in [0.1, 0.15) is 18.8 Å². The van der Waals surface area contributed by atoms with Gasteiger partial charge in [-0.25, -0.2) is 28.8 Å². The molecule has 0 aliphatic carbocycles. The molecule has 0 bridgehead atoms. The van der Waals surface area contributed by atoms with E-state index in [0.29, 0.717) is 0 Å². The Labute approximate surface area is 395 Å². The minimum atomic E-state index is -1.88. The summed E-state index contributed by atoms with van der Waals surface area (Å²) in [6.07, 6.45) is -15.6. The molecule has 0 spiro atoms. The van der Waals surface area contributed by atoms with Crippen molar-refractivity contribution in [1.82, 2.24) is 0 Å². The maximum Gasteiger partial charge on any atom is 0.338 e. The smallest absolute Gasteiger partial charge is 0.338 e. The molecule has 69 heavy (non-hydrogen) atoms. The number of hydrogen-bond donors (Lipinski definition) is 1. The molecule has 0 aromatic heterocycles. The molecule has 0 unspecified atom stereocenters. The van der Waals surface area contributed by atoms with E-state index in [4.69, 9.17) is 42.6 Å². The molecule has 1 N–H and O–H groups in total. The SMILES string of the molecule is O=C(OC[C@H]1O[C@@H](O[C@@H]2CO[C@H](O)[C@H](OC(=O)c3ccccc3)[C@H]2OC(=O)c2ccccc2)[C@H](OC(=O)c2ccccc2)[C@@H](OC(=O)c2ccccc2)[C@@H]1OC(=O)c1ccccc1)c1ccccc1. The summed E-state index contributed by atoms with van der Waals surface area (Å²) in [6.45, 7) is -1.22. The Morgan fingerprint density at radius 1 is 0.406 bits per heavy atom. The van der Waals surface area contributed by atoms with Crippen molar-refractivity contribution in [3.05, 3.63) is 215 Å². The summed E-state index contributed by atoms with van der Waals surface area (Å²) < 4.78 is 54.8. The van der Waals surface area contributed by atoms with Gasteiger partial charge in [0.25, 0.3) is 0 Å². The first-order valence-electron chi connectivity index (χ1n) is 21.8. The van der Waals surface area contributed by atoms with Crippen LogP contribution < -0.4 is 0 Å². The number of carbonyl (C=O) groups excluding carboxylic acids is 6. The number of esters is 6. The van der Waals surface area contributed by atoms with Crippen LogP contribution in [0.15, 0.2) is 182 Å². The number of aliphatic hydroxyl groups is 1. The summed E-state index contributed by atoms with van der Waals surface area (Å²) in [7, 11) is 0. The highest BCUT2D eigenvalue weighted by Crippen LogP contribution is 2.35. The molecule has 2 aliphatic heterocycles. The van der Waals surface area contributed by atoms with Gasteiger partial charge in [-0.3, -0.25) is 0 Å². The molecule has 0 saturated carbocycles. The zero-order valence-electron chi connectivity index (χ0n) is 36.5. The minimum Gasteiger partial charge on any atom is -0.459 e. The molecule has 2 aliphatic rings. The molecule has 2 heterocycles. The van der Waals surface area contributed by atoms with Crippen molar-refractivity contribution in [3.63, 3.8) is 0 Å². The van der Waals surface area contributed by atoms with Gasteiger partial charge in [0.05, 0.1) is 40.0 Å². The lowest BCUT2D eigenvalue weighted by Gasteiger charge is -2.46. The second-order valence-electron chi connectivity index (χ2n) is 15.6. The van der Waals surface area contributed by atoms with Gasteiger partial charge in [0.15, 0.2) is 43.1 Å². The van der Waals surface area contributed by atoms with Gasteiger partial charge >= 0.3 is 35.8 Å². The Kier molecular flexibility index (Phi) is 15.6. The average Bonchev–Trinajstić information content (AvgIpc) is 3.40. The molecule has 16 nitrogen and oxygen atoms in total. The first-order valence-corrected chi connectivity index (χ1v) is 21.8. The van der Waals surface area contributed by atoms with E-state index >= 15 is 0 Å². The molecule has 2 saturated heterocycles. The fraction of sp³-hybridized carbons (Fsp3) is 0.208. The molecule has 2 fully saturated rings. The van der Waals surface area contributed by atoms with Crippen molar-refractivity contribution in [2.75, 3.05) is 13.2 Å². The first-order chi connectivity index (χ1) is 33.6. The van der Waals surface area contributed by atoms with Crippen LogP contribution in [-0.2, 0) is 42.6 Å².